The minimum absolute atomic E-state index is 0.186. The van der Waals surface area contributed by atoms with Crippen LogP contribution in [0.2, 0.25) is 5.02 Å². The van der Waals surface area contributed by atoms with Crippen molar-refractivity contribution in [1.29, 1.82) is 0 Å². The van der Waals surface area contributed by atoms with Gasteiger partial charge in [0.05, 0.1) is 22.6 Å². The van der Waals surface area contributed by atoms with Gasteiger partial charge in [0.25, 0.3) is 0 Å². The summed E-state index contributed by atoms with van der Waals surface area (Å²) >= 11 is 6.28. The molecule has 2 aromatic rings. The van der Waals surface area contributed by atoms with Gasteiger partial charge < -0.3 is 5.32 Å². The Kier molecular flexibility index (Phi) is 3.73. The van der Waals surface area contributed by atoms with E-state index in [0.717, 1.165) is 28.4 Å². The van der Waals surface area contributed by atoms with Gasteiger partial charge in [0.15, 0.2) is 0 Å². The van der Waals surface area contributed by atoms with Crippen molar-refractivity contribution in [2.75, 3.05) is 7.05 Å². The zero-order valence-electron chi connectivity index (χ0n) is 11.1. The normalized spacial score (nSPS) is 12.9. The van der Waals surface area contributed by atoms with Crippen molar-refractivity contribution in [1.82, 2.24) is 24.9 Å². The number of hydrogen-bond acceptors (Lipinski definition) is 3. The number of nitrogens with one attached hydrogen (secondary N) is 1. The first-order valence-corrected chi connectivity index (χ1v) is 6.24. The molecule has 5 nitrogen and oxygen atoms in total. The van der Waals surface area contributed by atoms with Crippen LogP contribution in [0.25, 0.3) is 0 Å². The Morgan fingerprint density at radius 1 is 1.44 bits per heavy atom. The Morgan fingerprint density at radius 3 is 2.61 bits per heavy atom. The van der Waals surface area contributed by atoms with Gasteiger partial charge >= 0.3 is 0 Å². The first-order valence-electron chi connectivity index (χ1n) is 5.86. The molecule has 0 saturated heterocycles. The van der Waals surface area contributed by atoms with Gasteiger partial charge in [0.1, 0.15) is 0 Å². The number of hydrogen-bond donors (Lipinski definition) is 1. The Balaban J connectivity index is 2.25. The molecule has 98 valence electrons. The van der Waals surface area contributed by atoms with Gasteiger partial charge in [-0.05, 0) is 14.0 Å². The summed E-state index contributed by atoms with van der Waals surface area (Å²) in [5.74, 6) is 0. The summed E-state index contributed by atoms with van der Waals surface area (Å²) in [6.45, 7) is 1.92. The van der Waals surface area contributed by atoms with E-state index in [1.54, 1.807) is 4.68 Å². The summed E-state index contributed by atoms with van der Waals surface area (Å²) in [7, 11) is 5.77. The van der Waals surface area contributed by atoms with Crippen molar-refractivity contribution in [3.63, 3.8) is 0 Å². The van der Waals surface area contributed by atoms with E-state index in [1.807, 2.05) is 45.1 Å². The van der Waals surface area contributed by atoms with Crippen LogP contribution in [-0.2, 0) is 20.5 Å². The highest BCUT2D eigenvalue weighted by Crippen LogP contribution is 2.25. The third-order valence-corrected chi connectivity index (χ3v) is 3.63. The molecule has 1 unspecified atom stereocenters. The monoisotopic (exact) mass is 267 g/mol. The fourth-order valence-corrected chi connectivity index (χ4v) is 2.34. The maximum absolute atomic E-state index is 6.28. The molecule has 2 aromatic heterocycles. The van der Waals surface area contributed by atoms with E-state index in [-0.39, 0.29) is 6.04 Å². The van der Waals surface area contributed by atoms with E-state index in [4.69, 9.17) is 11.6 Å². The summed E-state index contributed by atoms with van der Waals surface area (Å²) < 4.78 is 3.65. The fourth-order valence-electron chi connectivity index (χ4n) is 2.10. The van der Waals surface area contributed by atoms with Gasteiger partial charge in [-0.3, -0.25) is 9.36 Å². The number of rotatable bonds is 4. The topological polar surface area (TPSA) is 47.7 Å². The number of nitrogens with zero attached hydrogens (tertiary/aromatic N) is 4. The highest BCUT2D eigenvalue weighted by molar-refractivity contribution is 6.31. The number of likely N-dealkylation sites (N-methyl/N-ethyl adjacent to an activating group) is 1. The molecule has 18 heavy (non-hydrogen) atoms. The summed E-state index contributed by atoms with van der Waals surface area (Å²) in [6.07, 6.45) is 4.68. The minimum Gasteiger partial charge on any atom is -0.313 e. The number of aryl methyl sites for hydroxylation is 3. The van der Waals surface area contributed by atoms with Crippen LogP contribution in [0.15, 0.2) is 12.4 Å². The molecule has 1 atom stereocenters. The van der Waals surface area contributed by atoms with Crippen LogP contribution in [0, 0.1) is 6.92 Å². The molecular formula is C12H18ClN5. The number of halogens is 1. The Morgan fingerprint density at radius 2 is 2.17 bits per heavy atom. The Bertz CT molecular complexity index is 543. The number of aromatic nitrogens is 4. The lowest BCUT2D eigenvalue weighted by Crippen LogP contribution is -2.20. The first kappa shape index (κ1) is 13.1. The van der Waals surface area contributed by atoms with Crippen LogP contribution in [0.3, 0.4) is 0 Å². The van der Waals surface area contributed by atoms with Crippen molar-refractivity contribution in [2.24, 2.45) is 14.1 Å². The molecule has 0 amide bonds. The van der Waals surface area contributed by atoms with Crippen molar-refractivity contribution in [3.8, 4) is 0 Å². The lowest BCUT2D eigenvalue weighted by atomic mass is 10.1. The summed E-state index contributed by atoms with van der Waals surface area (Å²) in [5.41, 5.74) is 3.06. The molecule has 2 rings (SSSR count). The Labute approximate surface area is 112 Å². The summed E-state index contributed by atoms with van der Waals surface area (Å²) in [4.78, 5) is 0. The lowest BCUT2D eigenvalue weighted by Gasteiger charge is -2.14. The molecule has 6 heteroatoms. The van der Waals surface area contributed by atoms with Gasteiger partial charge in [-0.2, -0.15) is 10.2 Å². The summed E-state index contributed by atoms with van der Waals surface area (Å²) in [6, 6.07) is 0.186. The van der Waals surface area contributed by atoms with Gasteiger partial charge in [-0.25, -0.2) is 0 Å². The molecule has 0 bridgehead atoms. The zero-order chi connectivity index (χ0) is 13.3. The van der Waals surface area contributed by atoms with Crippen molar-refractivity contribution < 1.29 is 0 Å². The Hall–Kier alpha value is -1.33. The third-order valence-electron chi connectivity index (χ3n) is 3.13. The van der Waals surface area contributed by atoms with Gasteiger partial charge in [0, 0.05) is 38.3 Å². The molecule has 0 aromatic carbocycles. The molecule has 0 saturated carbocycles. The molecule has 2 heterocycles. The average Bonchev–Trinajstić information content (AvgIpc) is 2.84. The van der Waals surface area contributed by atoms with Gasteiger partial charge in [-0.15, -0.1) is 0 Å². The first-order chi connectivity index (χ1) is 8.52. The van der Waals surface area contributed by atoms with Gasteiger partial charge in [0.2, 0.25) is 0 Å². The SMILES string of the molecule is CNC(Cc1c(Cl)c(C)nn1C)c1cnn(C)c1. The van der Waals surface area contributed by atoms with E-state index in [9.17, 15) is 0 Å². The quantitative estimate of drug-likeness (QED) is 0.916. The third kappa shape index (κ3) is 2.42. The van der Waals surface area contributed by atoms with E-state index in [1.165, 1.54) is 0 Å². The van der Waals surface area contributed by atoms with E-state index in [2.05, 4.69) is 15.5 Å². The second kappa shape index (κ2) is 5.12. The molecule has 0 aliphatic carbocycles. The predicted octanol–water partition coefficient (Wildman–Crippen LogP) is 1.62. The van der Waals surface area contributed by atoms with Crippen LogP contribution in [-0.4, -0.2) is 26.6 Å². The molecular weight excluding hydrogens is 250 g/mol. The van der Waals surface area contributed by atoms with E-state index in [0.29, 0.717) is 0 Å². The van der Waals surface area contributed by atoms with E-state index >= 15 is 0 Å². The molecule has 0 aliphatic heterocycles. The van der Waals surface area contributed by atoms with Gasteiger partial charge in [-0.1, -0.05) is 11.6 Å². The molecule has 0 aliphatic rings. The average molecular weight is 268 g/mol. The maximum atomic E-state index is 6.28. The second-order valence-electron chi connectivity index (χ2n) is 4.46. The van der Waals surface area contributed by atoms with Crippen molar-refractivity contribution in [2.45, 2.75) is 19.4 Å². The lowest BCUT2D eigenvalue weighted by molar-refractivity contribution is 0.561. The second-order valence-corrected chi connectivity index (χ2v) is 4.84. The molecule has 0 spiro atoms. The highest BCUT2D eigenvalue weighted by Gasteiger charge is 2.18. The predicted molar refractivity (Wildman–Crippen MR) is 71.7 cm³/mol. The van der Waals surface area contributed by atoms with E-state index < -0.39 is 0 Å². The maximum Gasteiger partial charge on any atom is 0.0847 e. The van der Waals surface area contributed by atoms with Crippen molar-refractivity contribution >= 4 is 11.6 Å². The van der Waals surface area contributed by atoms with Crippen LogP contribution in [0.5, 0.6) is 0 Å². The van der Waals surface area contributed by atoms with Crippen LogP contribution in [0.4, 0.5) is 0 Å². The minimum atomic E-state index is 0.186. The van der Waals surface area contributed by atoms with Crippen molar-refractivity contribution in [3.05, 3.63) is 34.4 Å². The zero-order valence-corrected chi connectivity index (χ0v) is 11.9. The fraction of sp³-hybridized carbons (Fsp3) is 0.500. The standard InChI is InChI=1S/C12H18ClN5/c1-8-12(13)11(18(4)16-8)5-10(14-2)9-6-15-17(3)7-9/h6-7,10,14H,5H2,1-4H3. The smallest absolute Gasteiger partial charge is 0.0847 e. The summed E-state index contributed by atoms with van der Waals surface area (Å²) in [5, 5.41) is 12.6. The highest BCUT2D eigenvalue weighted by atomic mass is 35.5. The largest absolute Gasteiger partial charge is 0.313 e. The molecule has 1 N–H and O–H groups in total. The van der Waals surface area contributed by atoms with Crippen LogP contribution < -0.4 is 5.32 Å². The van der Waals surface area contributed by atoms with Crippen LogP contribution >= 0.6 is 11.6 Å². The molecule has 0 radical (unpaired) electrons. The molecule has 0 fully saturated rings. The van der Waals surface area contributed by atoms with Crippen LogP contribution in [0.1, 0.15) is 23.0 Å².